The molecule has 0 unspecified atom stereocenters. The normalized spacial score (nSPS) is 11.9. The Morgan fingerprint density at radius 1 is 0.298 bits per heavy atom. The van der Waals surface area contributed by atoms with Gasteiger partial charge in [-0.05, 0) is 70.8 Å². The molecule has 0 radical (unpaired) electrons. The molecule has 0 fully saturated rings. The van der Waals surface area contributed by atoms with Gasteiger partial charge in [-0.2, -0.15) is 15.0 Å². The number of hydrogen-bond acceptors (Lipinski definition) is 4. The van der Waals surface area contributed by atoms with E-state index in [0.717, 1.165) is 71.4 Å². The number of nitrogens with zero attached hydrogens (tertiary/aromatic N) is 5. The van der Waals surface area contributed by atoms with E-state index in [-0.39, 0.29) is 0 Å². The largest absolute Gasteiger partial charge is 0.278 e. The summed E-state index contributed by atoms with van der Waals surface area (Å²) in [6.45, 7) is 0. The van der Waals surface area contributed by atoms with Crippen molar-refractivity contribution in [3.63, 3.8) is 0 Å². The average molecular weight is 746 g/mol. The van der Waals surface area contributed by atoms with Gasteiger partial charge >= 0.3 is 0 Å². The first-order valence-electron chi connectivity index (χ1n) is 19.1. The van der Waals surface area contributed by atoms with Crippen LogP contribution in [-0.4, -0.2) is 24.1 Å². The number of thiophene rings is 1. The fourth-order valence-electron chi connectivity index (χ4n) is 8.54. The quantitative estimate of drug-likeness (QED) is 0.176. The highest BCUT2D eigenvalue weighted by atomic mass is 32.1. The first-order valence-corrected chi connectivity index (χ1v) is 19.9. The van der Waals surface area contributed by atoms with Gasteiger partial charge in [-0.3, -0.25) is 9.13 Å². The highest BCUT2D eigenvalue weighted by Gasteiger charge is 2.22. The number of hydrogen-bond donors (Lipinski definition) is 0. The Balaban J connectivity index is 1.18. The van der Waals surface area contributed by atoms with Crippen LogP contribution in [0.15, 0.2) is 188 Å². The summed E-state index contributed by atoms with van der Waals surface area (Å²) in [5, 5.41) is 7.01. The molecule has 266 valence electrons. The van der Waals surface area contributed by atoms with Gasteiger partial charge in [0.1, 0.15) is 0 Å². The molecule has 4 heterocycles. The van der Waals surface area contributed by atoms with E-state index in [4.69, 9.17) is 15.0 Å². The Bertz CT molecular complexity index is 3350. The van der Waals surface area contributed by atoms with Crippen molar-refractivity contribution < 1.29 is 0 Å². The van der Waals surface area contributed by atoms with E-state index in [2.05, 4.69) is 197 Å². The minimum Gasteiger partial charge on any atom is -0.278 e. The van der Waals surface area contributed by atoms with Gasteiger partial charge in [0.25, 0.3) is 0 Å². The summed E-state index contributed by atoms with van der Waals surface area (Å²) in [5.41, 5.74) is 9.66. The van der Waals surface area contributed by atoms with Crippen LogP contribution in [0.5, 0.6) is 0 Å². The summed E-state index contributed by atoms with van der Waals surface area (Å²) in [5.74, 6) is 1.74. The van der Waals surface area contributed by atoms with Gasteiger partial charge < -0.3 is 0 Å². The lowest BCUT2D eigenvalue weighted by atomic mass is 10.0. The molecule has 6 heteroatoms. The minimum atomic E-state index is 0.562. The van der Waals surface area contributed by atoms with Gasteiger partial charge in [-0.15, -0.1) is 11.3 Å². The first-order chi connectivity index (χ1) is 28.2. The van der Waals surface area contributed by atoms with Crippen molar-refractivity contribution >= 4 is 75.1 Å². The van der Waals surface area contributed by atoms with Crippen LogP contribution < -0.4 is 0 Å². The van der Waals surface area contributed by atoms with Gasteiger partial charge in [-0.1, -0.05) is 140 Å². The Kier molecular flexibility index (Phi) is 7.03. The lowest BCUT2D eigenvalue weighted by Gasteiger charge is -2.13. The summed E-state index contributed by atoms with van der Waals surface area (Å²) in [4.78, 5) is 16.2. The summed E-state index contributed by atoms with van der Waals surface area (Å²) >= 11 is 1.81. The number of para-hydroxylation sites is 2. The van der Waals surface area contributed by atoms with E-state index < -0.39 is 0 Å². The summed E-state index contributed by atoms with van der Waals surface area (Å²) in [7, 11) is 0. The Labute approximate surface area is 331 Å². The van der Waals surface area contributed by atoms with E-state index >= 15 is 0 Å². The van der Waals surface area contributed by atoms with Crippen molar-refractivity contribution in [2.75, 3.05) is 0 Å². The fraction of sp³-hybridized carbons (Fsp3) is 0. The van der Waals surface area contributed by atoms with E-state index in [1.165, 1.54) is 20.2 Å². The standard InChI is InChI=1S/C51H31N5S/c1-3-13-32(14-4-1)34-23-26-39-37-17-7-10-20-43(37)55(45(39)30-34)50-52-49(36-25-28-48-42(29-36)41-19-9-12-22-47(41)57-48)53-51(54-50)56-44-21-11-8-18-38(44)40-27-24-35(31-46(40)56)33-15-5-2-6-16-33/h1-31H. The molecule has 4 aromatic heterocycles. The van der Waals surface area contributed by atoms with Crippen molar-refractivity contribution in [3.05, 3.63) is 188 Å². The van der Waals surface area contributed by atoms with E-state index in [9.17, 15) is 0 Å². The van der Waals surface area contributed by atoms with Gasteiger partial charge in [-0.25, -0.2) is 0 Å². The number of aromatic nitrogens is 5. The van der Waals surface area contributed by atoms with Crippen LogP contribution in [0.2, 0.25) is 0 Å². The molecule has 0 spiro atoms. The highest BCUT2D eigenvalue weighted by molar-refractivity contribution is 7.25. The molecular formula is C51H31N5S. The van der Waals surface area contributed by atoms with Crippen LogP contribution in [-0.2, 0) is 0 Å². The zero-order chi connectivity index (χ0) is 37.5. The van der Waals surface area contributed by atoms with Gasteiger partial charge in [0.05, 0.1) is 22.1 Å². The van der Waals surface area contributed by atoms with Crippen molar-refractivity contribution in [2.45, 2.75) is 0 Å². The average Bonchev–Trinajstić information content (AvgIpc) is 3.94. The van der Waals surface area contributed by atoms with Crippen LogP contribution in [0, 0.1) is 0 Å². The lowest BCUT2D eigenvalue weighted by Crippen LogP contribution is -2.10. The molecule has 0 amide bonds. The molecule has 0 aliphatic heterocycles. The molecule has 0 aliphatic rings. The molecule has 0 bridgehead atoms. The Morgan fingerprint density at radius 3 is 1.33 bits per heavy atom. The van der Waals surface area contributed by atoms with Crippen LogP contribution in [0.4, 0.5) is 0 Å². The second-order valence-corrected chi connectivity index (χ2v) is 15.6. The minimum absolute atomic E-state index is 0.562. The zero-order valence-corrected chi connectivity index (χ0v) is 31.4. The van der Waals surface area contributed by atoms with Crippen molar-refractivity contribution in [1.29, 1.82) is 0 Å². The predicted octanol–water partition coefficient (Wildman–Crippen LogP) is 13.4. The molecule has 0 N–H and O–H groups in total. The van der Waals surface area contributed by atoms with Gasteiger partial charge in [0, 0.05) is 47.3 Å². The van der Waals surface area contributed by atoms with Crippen molar-refractivity contribution in [1.82, 2.24) is 24.1 Å². The molecule has 0 saturated carbocycles. The zero-order valence-electron chi connectivity index (χ0n) is 30.5. The molecule has 8 aromatic carbocycles. The third kappa shape index (κ3) is 5.04. The molecule has 57 heavy (non-hydrogen) atoms. The van der Waals surface area contributed by atoms with Crippen LogP contribution in [0.1, 0.15) is 0 Å². The molecule has 0 atom stereocenters. The van der Waals surface area contributed by atoms with Crippen molar-refractivity contribution in [2.24, 2.45) is 0 Å². The van der Waals surface area contributed by atoms with Gasteiger partial charge in [0.15, 0.2) is 5.82 Å². The summed E-state index contributed by atoms with van der Waals surface area (Å²) in [6.07, 6.45) is 0. The predicted molar refractivity (Wildman–Crippen MR) is 238 cm³/mol. The topological polar surface area (TPSA) is 48.5 Å². The van der Waals surface area contributed by atoms with E-state index in [1.54, 1.807) is 0 Å². The first kappa shape index (κ1) is 31.9. The Hall–Kier alpha value is -7.41. The molecule has 12 aromatic rings. The molecule has 0 saturated heterocycles. The van der Waals surface area contributed by atoms with Crippen LogP contribution in [0.25, 0.3) is 109 Å². The molecule has 0 aliphatic carbocycles. The third-order valence-corrected chi connectivity index (χ3v) is 12.4. The van der Waals surface area contributed by atoms with E-state index in [1.807, 2.05) is 11.3 Å². The number of benzene rings is 8. The summed E-state index contributed by atoms with van der Waals surface area (Å²) in [6, 6.07) is 66.8. The second-order valence-electron chi connectivity index (χ2n) is 14.5. The molecular weight excluding hydrogens is 715 g/mol. The third-order valence-electron chi connectivity index (χ3n) is 11.2. The highest BCUT2D eigenvalue weighted by Crippen LogP contribution is 2.39. The Morgan fingerprint density at radius 2 is 0.754 bits per heavy atom. The number of rotatable bonds is 5. The second kappa shape index (κ2) is 12.6. The van der Waals surface area contributed by atoms with Crippen molar-refractivity contribution in [3.8, 4) is 45.5 Å². The maximum absolute atomic E-state index is 5.46. The monoisotopic (exact) mass is 745 g/mol. The lowest BCUT2D eigenvalue weighted by molar-refractivity contribution is 0.893. The maximum Gasteiger partial charge on any atom is 0.240 e. The summed E-state index contributed by atoms with van der Waals surface area (Å²) < 4.78 is 6.93. The van der Waals surface area contributed by atoms with Crippen LogP contribution in [0.3, 0.4) is 0 Å². The van der Waals surface area contributed by atoms with E-state index in [0.29, 0.717) is 17.7 Å². The molecule has 5 nitrogen and oxygen atoms in total. The SMILES string of the molecule is c1ccc(-c2ccc3c4ccccc4n(-c4nc(-c5ccc6sc7ccccc7c6c5)nc(-n5c6ccccc6c6ccc(-c7ccccc7)cc65)n4)c3c2)cc1. The number of fused-ring (bicyclic) bond motifs is 9. The van der Waals surface area contributed by atoms with Gasteiger partial charge in [0.2, 0.25) is 11.9 Å². The maximum atomic E-state index is 5.46. The van der Waals surface area contributed by atoms with Crippen LogP contribution >= 0.6 is 11.3 Å². The fourth-order valence-corrected chi connectivity index (χ4v) is 9.63. The smallest absolute Gasteiger partial charge is 0.240 e. The molecule has 12 rings (SSSR count).